The van der Waals surface area contributed by atoms with Crippen LogP contribution < -0.4 is 11.1 Å². The van der Waals surface area contributed by atoms with E-state index in [0.717, 1.165) is 16.2 Å². The van der Waals surface area contributed by atoms with E-state index in [4.69, 9.17) is 5.73 Å². The Labute approximate surface area is 98.6 Å². The summed E-state index contributed by atoms with van der Waals surface area (Å²) in [5.41, 5.74) is 6.58. The predicted molar refractivity (Wildman–Crippen MR) is 66.8 cm³/mol. The van der Waals surface area contributed by atoms with Crippen molar-refractivity contribution < 1.29 is 0 Å². The number of rotatable bonds is 4. The number of hydrogen-bond acceptors (Lipinski definition) is 3. The molecule has 1 aromatic rings. The quantitative estimate of drug-likeness (QED) is 0.884. The van der Waals surface area contributed by atoms with Gasteiger partial charge in [0.25, 0.3) is 0 Å². The van der Waals surface area contributed by atoms with Gasteiger partial charge in [-0.3, -0.25) is 0 Å². The van der Waals surface area contributed by atoms with Crippen LogP contribution in [-0.2, 0) is 0 Å². The van der Waals surface area contributed by atoms with Gasteiger partial charge in [-0.05, 0) is 40.8 Å². The lowest BCUT2D eigenvalue weighted by Gasteiger charge is -2.07. The van der Waals surface area contributed by atoms with Crippen molar-refractivity contribution in [3.63, 3.8) is 0 Å². The van der Waals surface area contributed by atoms with Crippen LogP contribution in [0, 0.1) is 5.92 Å². The van der Waals surface area contributed by atoms with Crippen molar-refractivity contribution in [2.45, 2.75) is 32.2 Å². The smallest absolute Gasteiger partial charge is 0.149 e. The monoisotopic (exact) mass is 269 g/mol. The highest BCUT2D eigenvalue weighted by molar-refractivity contribution is 9.10. The Morgan fingerprint density at radius 3 is 3.13 bits per heavy atom. The van der Waals surface area contributed by atoms with Crippen LogP contribution in [0.15, 0.2) is 16.7 Å². The van der Waals surface area contributed by atoms with Crippen molar-refractivity contribution in [1.29, 1.82) is 0 Å². The van der Waals surface area contributed by atoms with Crippen LogP contribution >= 0.6 is 15.9 Å². The molecular formula is C11H16BrN3. The fourth-order valence-corrected chi connectivity index (χ4v) is 2.21. The second-order valence-corrected chi connectivity index (χ2v) is 5.04. The first-order chi connectivity index (χ1) is 7.20. The van der Waals surface area contributed by atoms with E-state index in [1.165, 1.54) is 19.3 Å². The van der Waals surface area contributed by atoms with Gasteiger partial charge in [-0.2, -0.15) is 0 Å². The second-order valence-electron chi connectivity index (χ2n) is 4.13. The minimum absolute atomic E-state index is 0.584. The van der Waals surface area contributed by atoms with Gasteiger partial charge in [-0.15, -0.1) is 0 Å². The SMILES string of the molecule is CCCC1CC1Nc1ncc(Br)cc1N. The normalized spacial score (nSPS) is 23.9. The molecule has 1 heterocycles. The van der Waals surface area contributed by atoms with Crippen LogP contribution in [0.2, 0.25) is 0 Å². The summed E-state index contributed by atoms with van der Waals surface area (Å²) < 4.78 is 0.923. The molecule has 1 aliphatic rings. The molecule has 0 radical (unpaired) electrons. The zero-order chi connectivity index (χ0) is 10.8. The van der Waals surface area contributed by atoms with E-state index in [1.54, 1.807) is 6.20 Å². The first-order valence-electron chi connectivity index (χ1n) is 5.38. The maximum absolute atomic E-state index is 5.86. The van der Waals surface area contributed by atoms with Crippen LogP contribution in [-0.4, -0.2) is 11.0 Å². The summed E-state index contributed by atoms with van der Waals surface area (Å²) in [6.45, 7) is 2.22. The van der Waals surface area contributed by atoms with Gasteiger partial charge in [-0.1, -0.05) is 13.3 Å². The molecule has 1 aromatic heterocycles. The molecule has 0 spiro atoms. The van der Waals surface area contributed by atoms with Gasteiger partial charge in [0.1, 0.15) is 5.82 Å². The summed E-state index contributed by atoms with van der Waals surface area (Å²) in [6.07, 6.45) is 5.58. The molecule has 2 rings (SSSR count). The third-order valence-electron chi connectivity index (χ3n) is 2.79. The number of pyridine rings is 1. The van der Waals surface area contributed by atoms with E-state index >= 15 is 0 Å². The van der Waals surface area contributed by atoms with E-state index in [1.807, 2.05) is 6.07 Å². The highest BCUT2D eigenvalue weighted by atomic mass is 79.9. The largest absolute Gasteiger partial charge is 0.396 e. The number of aromatic nitrogens is 1. The number of nitrogens with two attached hydrogens (primary N) is 1. The molecule has 1 fully saturated rings. The summed E-state index contributed by atoms with van der Waals surface area (Å²) in [4.78, 5) is 4.27. The minimum atomic E-state index is 0.584. The van der Waals surface area contributed by atoms with Crippen LogP contribution in [0.1, 0.15) is 26.2 Å². The van der Waals surface area contributed by atoms with Gasteiger partial charge in [0.15, 0.2) is 0 Å². The molecule has 2 unspecified atom stereocenters. The second kappa shape index (κ2) is 4.39. The fourth-order valence-electron chi connectivity index (χ4n) is 1.87. The Kier molecular flexibility index (Phi) is 3.14. The molecule has 0 amide bonds. The summed E-state index contributed by atoms with van der Waals surface area (Å²) in [5, 5.41) is 3.39. The fraction of sp³-hybridized carbons (Fsp3) is 0.545. The van der Waals surface area contributed by atoms with Gasteiger partial charge in [-0.25, -0.2) is 4.98 Å². The Balaban J connectivity index is 1.95. The lowest BCUT2D eigenvalue weighted by molar-refractivity contribution is 0.692. The van der Waals surface area contributed by atoms with Crippen molar-refractivity contribution >= 4 is 27.4 Å². The predicted octanol–water partition coefficient (Wildman–Crippen LogP) is 3.03. The molecular weight excluding hydrogens is 254 g/mol. The molecule has 15 heavy (non-hydrogen) atoms. The molecule has 3 nitrogen and oxygen atoms in total. The van der Waals surface area contributed by atoms with Crippen LogP contribution in [0.5, 0.6) is 0 Å². The minimum Gasteiger partial charge on any atom is -0.396 e. The Morgan fingerprint density at radius 1 is 1.67 bits per heavy atom. The first kappa shape index (κ1) is 10.7. The Morgan fingerprint density at radius 2 is 2.47 bits per heavy atom. The number of halogens is 1. The lowest BCUT2D eigenvalue weighted by atomic mass is 10.2. The number of nitrogens with one attached hydrogen (secondary N) is 1. The molecule has 0 saturated heterocycles. The standard InChI is InChI=1S/C11H16BrN3/c1-2-3-7-4-10(7)15-11-9(13)5-8(12)6-14-11/h5-7,10H,2-4,13H2,1H3,(H,14,15). The zero-order valence-electron chi connectivity index (χ0n) is 8.83. The van der Waals surface area contributed by atoms with Gasteiger partial charge in [0.2, 0.25) is 0 Å². The summed E-state index contributed by atoms with van der Waals surface area (Å²) >= 11 is 3.34. The number of hydrogen-bond donors (Lipinski definition) is 2. The van der Waals surface area contributed by atoms with Crippen LogP contribution in [0.3, 0.4) is 0 Å². The van der Waals surface area contributed by atoms with Crippen molar-refractivity contribution in [1.82, 2.24) is 4.98 Å². The molecule has 0 aliphatic heterocycles. The number of nitrogens with zero attached hydrogens (tertiary/aromatic N) is 1. The van der Waals surface area contributed by atoms with E-state index in [-0.39, 0.29) is 0 Å². The highest BCUT2D eigenvalue weighted by Gasteiger charge is 2.36. The Hall–Kier alpha value is -0.770. The molecule has 3 N–H and O–H groups in total. The maximum atomic E-state index is 5.86. The highest BCUT2D eigenvalue weighted by Crippen LogP contribution is 2.37. The van der Waals surface area contributed by atoms with Gasteiger partial charge in [0.05, 0.1) is 5.69 Å². The third-order valence-corrected chi connectivity index (χ3v) is 3.22. The molecule has 1 aliphatic carbocycles. The van der Waals surface area contributed by atoms with Crippen molar-refractivity contribution in [3.05, 3.63) is 16.7 Å². The summed E-state index contributed by atoms with van der Waals surface area (Å²) in [5.74, 6) is 1.64. The van der Waals surface area contributed by atoms with Gasteiger partial charge in [0, 0.05) is 16.7 Å². The van der Waals surface area contributed by atoms with Crippen LogP contribution in [0.25, 0.3) is 0 Å². The molecule has 0 bridgehead atoms. The summed E-state index contributed by atoms with van der Waals surface area (Å²) in [6, 6.07) is 2.47. The topological polar surface area (TPSA) is 50.9 Å². The van der Waals surface area contributed by atoms with E-state index < -0.39 is 0 Å². The average Bonchev–Trinajstić information content (AvgIpc) is 2.90. The van der Waals surface area contributed by atoms with Gasteiger partial charge >= 0.3 is 0 Å². The summed E-state index contributed by atoms with van der Waals surface area (Å²) in [7, 11) is 0. The Bertz CT molecular complexity index is 354. The third kappa shape index (κ3) is 2.62. The molecule has 2 atom stereocenters. The molecule has 1 saturated carbocycles. The maximum Gasteiger partial charge on any atom is 0.149 e. The number of anilines is 2. The molecule has 0 aromatic carbocycles. The number of nitrogen functional groups attached to an aromatic ring is 1. The zero-order valence-corrected chi connectivity index (χ0v) is 10.4. The van der Waals surface area contributed by atoms with Gasteiger partial charge < -0.3 is 11.1 Å². The van der Waals surface area contributed by atoms with Crippen molar-refractivity contribution in [3.8, 4) is 0 Å². The van der Waals surface area contributed by atoms with Crippen LogP contribution in [0.4, 0.5) is 11.5 Å². The van der Waals surface area contributed by atoms with Crippen molar-refractivity contribution in [2.75, 3.05) is 11.1 Å². The van der Waals surface area contributed by atoms with E-state index in [0.29, 0.717) is 11.7 Å². The van der Waals surface area contributed by atoms with Crippen molar-refractivity contribution in [2.24, 2.45) is 5.92 Å². The van der Waals surface area contributed by atoms with E-state index in [2.05, 4.69) is 33.2 Å². The molecule has 4 heteroatoms. The lowest BCUT2D eigenvalue weighted by Crippen LogP contribution is -2.08. The first-order valence-corrected chi connectivity index (χ1v) is 6.17. The van der Waals surface area contributed by atoms with E-state index in [9.17, 15) is 0 Å². The average molecular weight is 270 g/mol. The molecule has 82 valence electrons.